The van der Waals surface area contributed by atoms with Gasteiger partial charge in [0.2, 0.25) is 0 Å². The van der Waals surface area contributed by atoms with Gasteiger partial charge in [-0.25, -0.2) is 0 Å². The lowest BCUT2D eigenvalue weighted by molar-refractivity contribution is -0.971. The van der Waals surface area contributed by atoms with Crippen LogP contribution in [0.5, 0.6) is 0 Å². The van der Waals surface area contributed by atoms with Gasteiger partial charge in [0.1, 0.15) is 11.1 Å². The second-order valence-electron chi connectivity index (χ2n) is 10.8. The fourth-order valence-electron chi connectivity index (χ4n) is 6.07. The molecule has 0 amide bonds. The molecule has 8 heteroatoms. The summed E-state index contributed by atoms with van der Waals surface area (Å²) in [6.07, 6.45) is 8.70. The molecule has 0 saturated carbocycles. The highest BCUT2D eigenvalue weighted by Gasteiger charge is 2.54. The van der Waals surface area contributed by atoms with Crippen molar-refractivity contribution in [3.63, 3.8) is 0 Å². The van der Waals surface area contributed by atoms with Crippen LogP contribution in [0.3, 0.4) is 0 Å². The lowest BCUT2D eigenvalue weighted by Crippen LogP contribution is -3.00. The molecule has 4 aromatic carbocycles. The van der Waals surface area contributed by atoms with Gasteiger partial charge >= 0.3 is 5.66 Å². The molecule has 4 nitrogen and oxygen atoms in total. The van der Waals surface area contributed by atoms with Crippen molar-refractivity contribution >= 4 is 46.0 Å². The van der Waals surface area contributed by atoms with E-state index in [1.54, 1.807) is 0 Å². The number of anilines is 4. The summed E-state index contributed by atoms with van der Waals surface area (Å²) in [5.74, 6) is 0. The van der Waals surface area contributed by atoms with Crippen LogP contribution in [0.2, 0.25) is 10.0 Å². The number of halogens is 4. The van der Waals surface area contributed by atoms with Gasteiger partial charge in [-0.3, -0.25) is 0 Å². The molecular weight excluding hydrogens is 731 g/mol. The maximum Gasteiger partial charge on any atom is 0.414 e. The molecular formula is C37H30Br2Cl2N4. The van der Waals surface area contributed by atoms with E-state index in [9.17, 15) is 0 Å². The van der Waals surface area contributed by atoms with Crippen molar-refractivity contribution in [3.8, 4) is 11.1 Å². The average molecular weight is 761 g/mol. The van der Waals surface area contributed by atoms with E-state index in [0.717, 1.165) is 32.8 Å². The fraction of sp³-hybridized carbons (Fsp3) is 0.0811. The van der Waals surface area contributed by atoms with Gasteiger partial charge in [0, 0.05) is 59.8 Å². The number of nitrogens with zero attached hydrogens (tertiary/aromatic N) is 4. The third-order valence-corrected chi connectivity index (χ3v) is 8.94. The molecule has 7 rings (SSSR count). The number of aromatic nitrogens is 2. The van der Waals surface area contributed by atoms with Crippen LogP contribution in [0, 0.1) is 0 Å². The number of hydrogen-bond acceptors (Lipinski definition) is 2. The Morgan fingerprint density at radius 1 is 0.467 bits per heavy atom. The molecule has 2 aromatic heterocycles. The third-order valence-electron chi connectivity index (χ3n) is 8.44. The van der Waals surface area contributed by atoms with Gasteiger partial charge in [0.25, 0.3) is 0 Å². The first-order chi connectivity index (χ1) is 20.9. The maximum atomic E-state index is 6.14. The van der Waals surface area contributed by atoms with Crippen molar-refractivity contribution < 1.29 is 43.1 Å². The number of fused-ring (bicyclic) bond motifs is 5. The second kappa shape index (κ2) is 13.4. The SMILES string of the molecule is CN(c1ccc(Cl)cc1)c1cc[n+](C2([n+]3ccc(N(C)c4ccc(Cl)cc4)cc3)c3cccc(c3)-c3cccc2c3)cc1.[Br-].[Br-]. The van der Waals surface area contributed by atoms with Gasteiger partial charge in [0.15, 0.2) is 24.8 Å². The van der Waals surface area contributed by atoms with Crippen molar-refractivity contribution in [1.82, 2.24) is 0 Å². The molecule has 0 fully saturated rings. The first kappa shape index (κ1) is 32.7. The minimum atomic E-state index is -0.655. The van der Waals surface area contributed by atoms with Gasteiger partial charge in [-0.2, -0.15) is 0 Å². The molecule has 226 valence electrons. The van der Waals surface area contributed by atoms with Crippen molar-refractivity contribution in [2.75, 3.05) is 23.9 Å². The smallest absolute Gasteiger partial charge is 0.414 e. The summed E-state index contributed by atoms with van der Waals surface area (Å²) in [7, 11) is 4.14. The number of benzene rings is 4. The summed E-state index contributed by atoms with van der Waals surface area (Å²) in [6, 6.07) is 42.2. The molecule has 6 aromatic rings. The molecule has 0 saturated heterocycles. The summed E-state index contributed by atoms with van der Waals surface area (Å²) < 4.78 is 4.61. The van der Waals surface area contributed by atoms with Crippen molar-refractivity contribution in [2.45, 2.75) is 5.66 Å². The standard InChI is InChI=1S/C37H30Cl2N4.2BrH/c1-40(33-13-9-31(38)10-14-33)35-17-21-42(22-18-35)37(29-7-3-5-27(25-29)28-6-4-8-30(37)26-28)43-23-19-36(20-24-43)41(2)34-15-11-32(39)12-16-34;;/h3-26H,1-2H3;2*1H/q+2;;/p-2. The monoisotopic (exact) mass is 758 g/mol. The summed E-state index contributed by atoms with van der Waals surface area (Å²) in [6.45, 7) is 0. The van der Waals surface area contributed by atoms with Gasteiger partial charge in [-0.1, -0.05) is 47.5 Å². The molecule has 1 aliphatic rings. The van der Waals surface area contributed by atoms with Crippen LogP contribution in [0.15, 0.2) is 146 Å². The Bertz CT molecular complexity index is 1770. The van der Waals surface area contributed by atoms with Crippen molar-refractivity contribution in [3.05, 3.63) is 167 Å². The minimum absolute atomic E-state index is 0. The molecule has 0 spiro atoms. The van der Waals surface area contributed by atoms with Crippen LogP contribution in [-0.4, -0.2) is 14.1 Å². The highest BCUT2D eigenvalue weighted by Crippen LogP contribution is 2.36. The van der Waals surface area contributed by atoms with E-state index in [2.05, 4.69) is 131 Å². The molecule has 2 heterocycles. The Labute approximate surface area is 295 Å². The lowest BCUT2D eigenvalue weighted by atomic mass is 9.91. The highest BCUT2D eigenvalue weighted by molar-refractivity contribution is 6.30. The first-order valence-electron chi connectivity index (χ1n) is 14.2. The molecule has 0 aliphatic heterocycles. The van der Waals surface area contributed by atoms with Crippen LogP contribution < -0.4 is 52.9 Å². The van der Waals surface area contributed by atoms with Crippen LogP contribution in [0.1, 0.15) is 11.1 Å². The average Bonchev–Trinajstić information content (AvgIpc) is 3.11. The Morgan fingerprint density at radius 2 is 0.800 bits per heavy atom. The lowest BCUT2D eigenvalue weighted by Gasteiger charge is -2.25. The summed E-state index contributed by atoms with van der Waals surface area (Å²) in [5, 5.41) is 1.45. The minimum Gasteiger partial charge on any atom is -1.00 e. The molecule has 0 atom stereocenters. The van der Waals surface area contributed by atoms with Gasteiger partial charge in [-0.05, 0) is 83.9 Å². The number of rotatable bonds is 6. The van der Waals surface area contributed by atoms with E-state index in [4.69, 9.17) is 23.2 Å². The van der Waals surface area contributed by atoms with Gasteiger partial charge in [0.05, 0.1) is 11.4 Å². The Balaban J connectivity index is 0.00000200. The maximum absolute atomic E-state index is 6.14. The largest absolute Gasteiger partial charge is 1.00 e. The molecule has 1 aliphatic carbocycles. The molecule has 0 radical (unpaired) electrons. The Morgan fingerprint density at radius 3 is 1.16 bits per heavy atom. The summed E-state index contributed by atoms with van der Waals surface area (Å²) in [5.41, 5.74) is 8.42. The molecule has 45 heavy (non-hydrogen) atoms. The van der Waals surface area contributed by atoms with Crippen LogP contribution >= 0.6 is 23.2 Å². The van der Waals surface area contributed by atoms with E-state index in [0.29, 0.717) is 0 Å². The van der Waals surface area contributed by atoms with Crippen LogP contribution in [0.25, 0.3) is 11.1 Å². The third kappa shape index (κ3) is 5.88. The van der Waals surface area contributed by atoms with Crippen LogP contribution in [0.4, 0.5) is 22.7 Å². The van der Waals surface area contributed by atoms with E-state index >= 15 is 0 Å². The van der Waals surface area contributed by atoms with E-state index in [1.807, 2.05) is 48.5 Å². The Hall–Kier alpha value is -3.68. The number of hydrogen-bond donors (Lipinski definition) is 0. The van der Waals surface area contributed by atoms with Crippen molar-refractivity contribution in [2.24, 2.45) is 0 Å². The normalized spacial score (nSPS) is 12.3. The van der Waals surface area contributed by atoms with E-state index in [-0.39, 0.29) is 34.0 Å². The van der Waals surface area contributed by atoms with Gasteiger partial charge < -0.3 is 43.8 Å². The van der Waals surface area contributed by atoms with Gasteiger partial charge in [-0.15, -0.1) is 9.13 Å². The summed E-state index contributed by atoms with van der Waals surface area (Å²) >= 11 is 12.3. The van der Waals surface area contributed by atoms with Crippen LogP contribution in [-0.2, 0) is 5.66 Å². The zero-order chi connectivity index (χ0) is 29.6. The predicted octanol–water partition coefficient (Wildman–Crippen LogP) is 2.39. The first-order valence-corrected chi connectivity index (χ1v) is 14.9. The molecule has 4 bridgehead atoms. The predicted molar refractivity (Wildman–Crippen MR) is 176 cm³/mol. The highest BCUT2D eigenvalue weighted by atomic mass is 79.9. The zero-order valence-corrected chi connectivity index (χ0v) is 29.3. The topological polar surface area (TPSA) is 14.2 Å². The molecule has 0 unspecified atom stereocenters. The Kier molecular flexibility index (Phi) is 9.71. The van der Waals surface area contributed by atoms with E-state index < -0.39 is 5.66 Å². The zero-order valence-electron chi connectivity index (χ0n) is 24.7. The molecule has 0 N–H and O–H groups in total. The second-order valence-corrected chi connectivity index (χ2v) is 11.7. The quantitative estimate of drug-likeness (QED) is 0.242. The van der Waals surface area contributed by atoms with E-state index in [1.165, 1.54) is 22.3 Å². The fourth-order valence-corrected chi connectivity index (χ4v) is 6.32. The number of pyridine rings is 2. The van der Waals surface area contributed by atoms with Crippen molar-refractivity contribution in [1.29, 1.82) is 0 Å². The summed E-state index contributed by atoms with van der Waals surface area (Å²) in [4.78, 5) is 4.33.